The fourth-order valence-electron chi connectivity index (χ4n) is 3.42. The van der Waals surface area contributed by atoms with E-state index in [1.807, 2.05) is 30.5 Å². The molecule has 0 amide bonds. The highest BCUT2D eigenvalue weighted by Crippen LogP contribution is 2.40. The molecule has 0 aromatic carbocycles. The minimum atomic E-state index is 0.378. The van der Waals surface area contributed by atoms with Crippen molar-refractivity contribution in [2.45, 2.75) is 37.6 Å². The predicted molar refractivity (Wildman–Crippen MR) is 103 cm³/mol. The van der Waals surface area contributed by atoms with Gasteiger partial charge in [0.05, 0.1) is 12.2 Å². The van der Waals surface area contributed by atoms with Crippen LogP contribution < -0.4 is 10.1 Å². The van der Waals surface area contributed by atoms with Gasteiger partial charge in [0.15, 0.2) is 11.6 Å². The van der Waals surface area contributed by atoms with Crippen molar-refractivity contribution >= 4 is 11.6 Å². The Balaban J connectivity index is 1.38. The van der Waals surface area contributed by atoms with Crippen LogP contribution in [0, 0.1) is 0 Å². The third-order valence-electron chi connectivity index (χ3n) is 5.04. The Kier molecular flexibility index (Phi) is 4.62. The van der Waals surface area contributed by atoms with Crippen molar-refractivity contribution in [3.8, 4) is 11.5 Å². The van der Waals surface area contributed by atoms with Gasteiger partial charge in [-0.2, -0.15) is 10.2 Å². The summed E-state index contributed by atoms with van der Waals surface area (Å²) in [6.45, 7) is 1.56. The molecule has 5 rings (SSSR count). The summed E-state index contributed by atoms with van der Waals surface area (Å²) in [5, 5.41) is 15.9. The summed E-state index contributed by atoms with van der Waals surface area (Å²) < 4.78 is 13.8. The minimum absolute atomic E-state index is 0.378. The molecule has 1 aliphatic heterocycles. The van der Waals surface area contributed by atoms with Gasteiger partial charge in [-0.15, -0.1) is 5.10 Å². The van der Waals surface area contributed by atoms with E-state index in [1.165, 1.54) is 12.8 Å². The Labute approximate surface area is 162 Å². The third-order valence-corrected chi connectivity index (χ3v) is 5.04. The summed E-state index contributed by atoms with van der Waals surface area (Å²) in [7, 11) is 0. The van der Waals surface area contributed by atoms with E-state index in [-0.39, 0.29) is 0 Å². The van der Waals surface area contributed by atoms with Crippen LogP contribution in [0.1, 0.15) is 43.3 Å². The molecular formula is C20H22N6O2. The molecule has 3 aromatic rings. The van der Waals surface area contributed by atoms with Crippen molar-refractivity contribution in [2.24, 2.45) is 0 Å². The molecule has 8 nitrogen and oxygen atoms in total. The lowest BCUT2D eigenvalue weighted by molar-refractivity contribution is 0.0839. The van der Waals surface area contributed by atoms with Gasteiger partial charge >= 0.3 is 0 Å². The van der Waals surface area contributed by atoms with E-state index in [0.717, 1.165) is 37.5 Å². The lowest BCUT2D eigenvalue weighted by Gasteiger charge is -2.21. The summed E-state index contributed by atoms with van der Waals surface area (Å²) in [6.07, 6.45) is 9.73. The Bertz CT molecular complexity index is 935. The van der Waals surface area contributed by atoms with Crippen LogP contribution in [0.25, 0.3) is 0 Å². The molecule has 144 valence electrons. The maximum Gasteiger partial charge on any atom is 0.168 e. The molecule has 28 heavy (non-hydrogen) atoms. The molecule has 2 aliphatic rings. The van der Waals surface area contributed by atoms with Crippen molar-refractivity contribution < 1.29 is 9.47 Å². The number of anilines is 2. The SMILES string of the molecule is c1cnnc(Nc2cc(Oc3cn(C4CC4)nc3C3CCOCC3)ccn2)c1. The molecule has 8 heteroatoms. The number of rotatable bonds is 6. The van der Waals surface area contributed by atoms with E-state index in [9.17, 15) is 0 Å². The highest BCUT2D eigenvalue weighted by molar-refractivity contribution is 5.53. The Morgan fingerprint density at radius 3 is 2.75 bits per heavy atom. The van der Waals surface area contributed by atoms with Crippen LogP contribution >= 0.6 is 0 Å². The van der Waals surface area contributed by atoms with Crippen LogP contribution in [0.5, 0.6) is 11.5 Å². The predicted octanol–water partition coefficient (Wildman–Crippen LogP) is 3.83. The lowest BCUT2D eigenvalue weighted by Crippen LogP contribution is -2.15. The van der Waals surface area contributed by atoms with Gasteiger partial charge in [-0.25, -0.2) is 4.98 Å². The molecule has 4 heterocycles. The number of hydrogen-bond donors (Lipinski definition) is 1. The maximum absolute atomic E-state index is 6.26. The molecule has 3 aromatic heterocycles. The van der Waals surface area contributed by atoms with E-state index < -0.39 is 0 Å². The molecular weight excluding hydrogens is 356 g/mol. The molecule has 0 atom stereocenters. The lowest BCUT2D eigenvalue weighted by atomic mass is 9.96. The first-order valence-corrected chi connectivity index (χ1v) is 9.70. The second kappa shape index (κ2) is 7.55. The summed E-state index contributed by atoms with van der Waals surface area (Å²) in [6, 6.07) is 7.89. The van der Waals surface area contributed by atoms with Gasteiger partial charge in [-0.05, 0) is 43.9 Å². The maximum atomic E-state index is 6.26. The van der Waals surface area contributed by atoms with Crippen LogP contribution in [0.15, 0.2) is 42.9 Å². The van der Waals surface area contributed by atoms with Gasteiger partial charge in [0.2, 0.25) is 0 Å². The minimum Gasteiger partial charge on any atom is -0.454 e. The summed E-state index contributed by atoms with van der Waals surface area (Å²) in [5.74, 6) is 3.21. The molecule has 1 saturated carbocycles. The summed E-state index contributed by atoms with van der Waals surface area (Å²) in [4.78, 5) is 4.34. The highest BCUT2D eigenvalue weighted by Gasteiger charge is 2.29. The fourth-order valence-corrected chi connectivity index (χ4v) is 3.42. The van der Waals surface area contributed by atoms with E-state index in [1.54, 1.807) is 12.4 Å². The van der Waals surface area contributed by atoms with E-state index in [2.05, 4.69) is 25.2 Å². The number of hydrogen-bond acceptors (Lipinski definition) is 7. The molecule has 0 bridgehead atoms. The van der Waals surface area contributed by atoms with Crippen molar-refractivity contribution in [1.82, 2.24) is 25.0 Å². The monoisotopic (exact) mass is 378 g/mol. The van der Waals surface area contributed by atoms with Crippen LogP contribution in [-0.2, 0) is 4.74 Å². The average Bonchev–Trinajstić information content (AvgIpc) is 3.51. The Hall–Kier alpha value is -3.00. The van der Waals surface area contributed by atoms with E-state index in [0.29, 0.717) is 29.3 Å². The van der Waals surface area contributed by atoms with Crippen molar-refractivity contribution in [3.05, 3.63) is 48.5 Å². The first kappa shape index (κ1) is 17.1. The molecule has 1 saturated heterocycles. The molecule has 0 spiro atoms. The third kappa shape index (κ3) is 3.82. The van der Waals surface area contributed by atoms with E-state index in [4.69, 9.17) is 14.6 Å². The number of pyridine rings is 1. The van der Waals surface area contributed by atoms with Gasteiger partial charge in [0.25, 0.3) is 0 Å². The molecule has 0 unspecified atom stereocenters. The van der Waals surface area contributed by atoms with Crippen molar-refractivity contribution in [2.75, 3.05) is 18.5 Å². The Morgan fingerprint density at radius 2 is 1.96 bits per heavy atom. The van der Waals surface area contributed by atoms with Crippen LogP contribution in [0.4, 0.5) is 11.6 Å². The van der Waals surface area contributed by atoms with Gasteiger partial charge in [0.1, 0.15) is 17.3 Å². The van der Waals surface area contributed by atoms with Gasteiger partial charge in [-0.1, -0.05) is 0 Å². The van der Waals surface area contributed by atoms with Crippen LogP contribution in [-0.4, -0.2) is 38.2 Å². The number of nitrogens with zero attached hydrogens (tertiary/aromatic N) is 5. The second-order valence-electron chi connectivity index (χ2n) is 7.19. The highest BCUT2D eigenvalue weighted by atomic mass is 16.5. The fraction of sp³-hybridized carbons (Fsp3) is 0.400. The zero-order chi connectivity index (χ0) is 18.8. The zero-order valence-corrected chi connectivity index (χ0v) is 15.5. The number of nitrogens with one attached hydrogen (secondary N) is 1. The number of ether oxygens (including phenoxy) is 2. The quantitative estimate of drug-likeness (QED) is 0.697. The molecule has 0 radical (unpaired) electrons. The van der Waals surface area contributed by atoms with Crippen molar-refractivity contribution in [3.63, 3.8) is 0 Å². The van der Waals surface area contributed by atoms with Gasteiger partial charge in [0, 0.05) is 37.6 Å². The first-order chi connectivity index (χ1) is 13.8. The van der Waals surface area contributed by atoms with Gasteiger partial charge in [-0.3, -0.25) is 4.68 Å². The number of aromatic nitrogens is 5. The Morgan fingerprint density at radius 1 is 1.07 bits per heavy atom. The largest absolute Gasteiger partial charge is 0.454 e. The molecule has 2 fully saturated rings. The van der Waals surface area contributed by atoms with Crippen LogP contribution in [0.2, 0.25) is 0 Å². The summed E-state index contributed by atoms with van der Waals surface area (Å²) >= 11 is 0. The normalized spacial score (nSPS) is 17.4. The topological polar surface area (TPSA) is 87.0 Å². The second-order valence-corrected chi connectivity index (χ2v) is 7.19. The first-order valence-electron chi connectivity index (χ1n) is 9.70. The standard InChI is InChI=1S/C20H22N6O2/c1-2-18(24-22-8-1)23-19-12-16(5-9-21-19)28-17-13-26(15-3-4-15)25-20(17)14-6-10-27-11-7-14/h1-2,5,8-9,12-15H,3-4,6-7,10-11H2,(H,21,23,24). The summed E-state index contributed by atoms with van der Waals surface area (Å²) in [5.41, 5.74) is 1.04. The van der Waals surface area contributed by atoms with Crippen LogP contribution in [0.3, 0.4) is 0 Å². The molecule has 1 N–H and O–H groups in total. The van der Waals surface area contributed by atoms with Gasteiger partial charge < -0.3 is 14.8 Å². The average molecular weight is 378 g/mol. The van der Waals surface area contributed by atoms with Crippen molar-refractivity contribution in [1.29, 1.82) is 0 Å². The smallest absolute Gasteiger partial charge is 0.168 e. The molecule has 1 aliphatic carbocycles. The zero-order valence-electron chi connectivity index (χ0n) is 15.5. The van der Waals surface area contributed by atoms with E-state index >= 15 is 0 Å².